The first-order chi connectivity index (χ1) is 11.6. The van der Waals surface area contributed by atoms with Crippen LogP contribution < -0.4 is 0 Å². The van der Waals surface area contributed by atoms with Gasteiger partial charge in [-0.2, -0.15) is 0 Å². The van der Waals surface area contributed by atoms with Gasteiger partial charge in [0.2, 0.25) is 5.91 Å². The van der Waals surface area contributed by atoms with E-state index in [4.69, 9.17) is 0 Å². The van der Waals surface area contributed by atoms with Crippen LogP contribution in [0.4, 0.5) is 0 Å². The summed E-state index contributed by atoms with van der Waals surface area (Å²) in [5, 5.41) is 8.24. The summed E-state index contributed by atoms with van der Waals surface area (Å²) < 4.78 is 1.65. The van der Waals surface area contributed by atoms with Crippen LogP contribution in [0.3, 0.4) is 0 Å². The van der Waals surface area contributed by atoms with E-state index in [-0.39, 0.29) is 12.5 Å². The maximum absolute atomic E-state index is 12.9. The SMILES string of the molecule is CC(C)c1cn(CC(=O)N(Cc2ccccn2)C2CCCC2)nn1. The highest BCUT2D eigenvalue weighted by Gasteiger charge is 2.27. The quantitative estimate of drug-likeness (QED) is 0.818. The van der Waals surface area contributed by atoms with Crippen LogP contribution in [0, 0.1) is 0 Å². The van der Waals surface area contributed by atoms with Gasteiger partial charge in [-0.1, -0.05) is 38.0 Å². The Hall–Kier alpha value is -2.24. The van der Waals surface area contributed by atoms with Crippen molar-refractivity contribution in [3.05, 3.63) is 42.0 Å². The van der Waals surface area contributed by atoms with E-state index < -0.39 is 0 Å². The highest BCUT2D eigenvalue weighted by atomic mass is 16.2. The maximum Gasteiger partial charge on any atom is 0.244 e. The average Bonchev–Trinajstić information content (AvgIpc) is 3.25. The van der Waals surface area contributed by atoms with Crippen molar-refractivity contribution in [3.8, 4) is 0 Å². The van der Waals surface area contributed by atoms with Crippen molar-refractivity contribution < 1.29 is 4.79 Å². The Kier molecular flexibility index (Phi) is 5.23. The van der Waals surface area contributed by atoms with E-state index in [2.05, 4.69) is 29.1 Å². The van der Waals surface area contributed by atoms with Crippen molar-refractivity contribution in [2.75, 3.05) is 0 Å². The zero-order valence-corrected chi connectivity index (χ0v) is 14.4. The molecule has 0 aromatic carbocycles. The van der Waals surface area contributed by atoms with Gasteiger partial charge >= 0.3 is 0 Å². The van der Waals surface area contributed by atoms with Crippen molar-refractivity contribution in [1.82, 2.24) is 24.9 Å². The molecule has 2 heterocycles. The summed E-state index contributed by atoms with van der Waals surface area (Å²) in [6, 6.07) is 6.15. The Morgan fingerprint density at radius 2 is 2.12 bits per heavy atom. The molecule has 0 spiro atoms. The second-order valence-corrected chi connectivity index (χ2v) is 6.78. The number of pyridine rings is 1. The molecule has 1 saturated carbocycles. The minimum Gasteiger partial charge on any atom is -0.332 e. The molecule has 0 atom stereocenters. The molecule has 24 heavy (non-hydrogen) atoms. The fraction of sp³-hybridized carbons (Fsp3) is 0.556. The van der Waals surface area contributed by atoms with E-state index in [9.17, 15) is 4.79 Å². The number of nitrogens with zero attached hydrogens (tertiary/aromatic N) is 5. The van der Waals surface area contributed by atoms with E-state index in [1.165, 1.54) is 12.8 Å². The molecule has 1 fully saturated rings. The lowest BCUT2D eigenvalue weighted by Crippen LogP contribution is -2.40. The van der Waals surface area contributed by atoms with Crippen LogP contribution in [0.5, 0.6) is 0 Å². The monoisotopic (exact) mass is 327 g/mol. The molecule has 1 amide bonds. The van der Waals surface area contributed by atoms with Gasteiger partial charge in [0.05, 0.1) is 17.9 Å². The van der Waals surface area contributed by atoms with Gasteiger partial charge in [0.15, 0.2) is 0 Å². The van der Waals surface area contributed by atoms with Gasteiger partial charge in [-0.25, -0.2) is 4.68 Å². The molecule has 0 bridgehead atoms. The van der Waals surface area contributed by atoms with Crippen molar-refractivity contribution in [2.45, 2.75) is 64.6 Å². The lowest BCUT2D eigenvalue weighted by molar-refractivity contribution is -0.135. The van der Waals surface area contributed by atoms with Crippen molar-refractivity contribution in [1.29, 1.82) is 0 Å². The number of aromatic nitrogens is 4. The molecule has 0 aliphatic heterocycles. The van der Waals surface area contributed by atoms with E-state index in [1.54, 1.807) is 10.9 Å². The third kappa shape index (κ3) is 3.99. The number of carbonyl (C=O) groups is 1. The first-order valence-corrected chi connectivity index (χ1v) is 8.73. The van der Waals surface area contributed by atoms with Crippen LogP contribution in [0.15, 0.2) is 30.6 Å². The van der Waals surface area contributed by atoms with Gasteiger partial charge in [-0.3, -0.25) is 9.78 Å². The van der Waals surface area contributed by atoms with Crippen molar-refractivity contribution in [3.63, 3.8) is 0 Å². The average molecular weight is 327 g/mol. The number of amides is 1. The molecule has 0 saturated heterocycles. The summed E-state index contributed by atoms with van der Waals surface area (Å²) in [5.74, 6) is 0.404. The predicted octanol–water partition coefficient (Wildman–Crippen LogP) is 2.77. The minimum absolute atomic E-state index is 0.0905. The van der Waals surface area contributed by atoms with Crippen molar-refractivity contribution >= 4 is 5.91 Å². The third-order valence-corrected chi connectivity index (χ3v) is 4.59. The zero-order chi connectivity index (χ0) is 16.9. The number of hydrogen-bond acceptors (Lipinski definition) is 4. The van der Waals surface area contributed by atoms with Crippen molar-refractivity contribution in [2.24, 2.45) is 0 Å². The first kappa shape index (κ1) is 16.6. The Morgan fingerprint density at radius 3 is 2.75 bits per heavy atom. The molecule has 6 heteroatoms. The molecule has 1 aliphatic carbocycles. The Bertz CT molecular complexity index is 661. The number of hydrogen-bond donors (Lipinski definition) is 0. The summed E-state index contributed by atoms with van der Waals surface area (Å²) in [5.41, 5.74) is 1.85. The lowest BCUT2D eigenvalue weighted by Gasteiger charge is -2.28. The topological polar surface area (TPSA) is 63.9 Å². The molecule has 6 nitrogen and oxygen atoms in total. The van der Waals surface area contributed by atoms with Crippen LogP contribution >= 0.6 is 0 Å². The van der Waals surface area contributed by atoms with E-state index in [0.29, 0.717) is 18.5 Å². The summed E-state index contributed by atoms with van der Waals surface area (Å²) in [6.07, 6.45) is 8.18. The summed E-state index contributed by atoms with van der Waals surface area (Å²) in [7, 11) is 0. The fourth-order valence-electron chi connectivity index (χ4n) is 3.19. The van der Waals surface area contributed by atoms with Crippen LogP contribution in [0.25, 0.3) is 0 Å². The fourth-order valence-corrected chi connectivity index (χ4v) is 3.19. The van der Waals surface area contributed by atoms with Crippen LogP contribution in [-0.4, -0.2) is 36.8 Å². The highest BCUT2D eigenvalue weighted by Crippen LogP contribution is 2.25. The largest absolute Gasteiger partial charge is 0.332 e. The van der Waals surface area contributed by atoms with E-state index in [0.717, 1.165) is 24.2 Å². The molecular formula is C18H25N5O. The standard InChI is InChI=1S/C18H25N5O/c1-14(2)17-12-22(21-20-17)13-18(24)23(16-8-3-4-9-16)11-15-7-5-6-10-19-15/h5-7,10,12,14,16H,3-4,8-9,11,13H2,1-2H3. The molecule has 128 valence electrons. The van der Waals surface area contributed by atoms with Crippen LogP contribution in [0.2, 0.25) is 0 Å². The second kappa shape index (κ2) is 7.55. The van der Waals surface area contributed by atoms with Crippen LogP contribution in [0.1, 0.15) is 56.8 Å². The van der Waals surface area contributed by atoms with Gasteiger partial charge in [-0.05, 0) is 30.9 Å². The molecule has 2 aromatic rings. The van der Waals surface area contributed by atoms with Crippen LogP contribution in [-0.2, 0) is 17.9 Å². The molecule has 1 aliphatic rings. The van der Waals surface area contributed by atoms with Gasteiger partial charge in [0, 0.05) is 18.4 Å². The predicted molar refractivity (Wildman–Crippen MR) is 91.2 cm³/mol. The number of carbonyl (C=O) groups excluding carboxylic acids is 1. The minimum atomic E-state index is 0.0905. The molecule has 0 radical (unpaired) electrons. The molecule has 3 rings (SSSR count). The molecular weight excluding hydrogens is 302 g/mol. The Balaban J connectivity index is 1.72. The molecule has 2 aromatic heterocycles. The smallest absolute Gasteiger partial charge is 0.244 e. The van der Waals surface area contributed by atoms with Gasteiger partial charge in [0.25, 0.3) is 0 Å². The van der Waals surface area contributed by atoms with E-state index in [1.807, 2.05) is 29.3 Å². The van der Waals surface area contributed by atoms with Gasteiger partial charge < -0.3 is 4.90 Å². The highest BCUT2D eigenvalue weighted by molar-refractivity contribution is 5.76. The first-order valence-electron chi connectivity index (χ1n) is 8.73. The third-order valence-electron chi connectivity index (χ3n) is 4.59. The molecule has 0 N–H and O–H groups in total. The zero-order valence-electron chi connectivity index (χ0n) is 14.4. The maximum atomic E-state index is 12.9. The van der Waals surface area contributed by atoms with Gasteiger partial charge in [0.1, 0.15) is 6.54 Å². The summed E-state index contributed by atoms with van der Waals surface area (Å²) in [6.45, 7) is 4.95. The molecule has 0 unspecified atom stereocenters. The normalized spacial score (nSPS) is 15.1. The number of rotatable bonds is 6. The lowest BCUT2D eigenvalue weighted by atomic mass is 10.1. The summed E-state index contributed by atoms with van der Waals surface area (Å²) >= 11 is 0. The summed E-state index contributed by atoms with van der Waals surface area (Å²) in [4.78, 5) is 19.2. The Labute approximate surface area is 142 Å². The van der Waals surface area contributed by atoms with E-state index >= 15 is 0 Å². The Morgan fingerprint density at radius 1 is 1.33 bits per heavy atom. The van der Waals surface area contributed by atoms with Gasteiger partial charge in [-0.15, -0.1) is 5.10 Å². The second-order valence-electron chi connectivity index (χ2n) is 6.78.